The molecule has 0 aliphatic carbocycles. The van der Waals surface area contributed by atoms with E-state index in [0.29, 0.717) is 0 Å². The van der Waals surface area contributed by atoms with E-state index >= 15 is 0 Å². The van der Waals surface area contributed by atoms with Crippen LogP contribution in [0.3, 0.4) is 0 Å². The predicted molar refractivity (Wildman–Crippen MR) is 136 cm³/mol. The average Bonchev–Trinajstić information content (AvgIpc) is 3.35. The number of cyclic esters (lactones) is 1. The number of esters is 1. The second kappa shape index (κ2) is 11.0. The number of hydrogen-bond acceptors (Lipinski definition) is 8. The summed E-state index contributed by atoms with van der Waals surface area (Å²) >= 11 is 1.53. The van der Waals surface area contributed by atoms with Crippen molar-refractivity contribution in [2.75, 3.05) is 0 Å². The van der Waals surface area contributed by atoms with Crippen molar-refractivity contribution >= 4 is 29.2 Å². The Morgan fingerprint density at radius 1 is 1.20 bits per heavy atom. The first-order valence-electron chi connectivity index (χ1n) is 12.3. The van der Waals surface area contributed by atoms with Gasteiger partial charge >= 0.3 is 5.97 Å². The van der Waals surface area contributed by atoms with Gasteiger partial charge < -0.3 is 19.7 Å². The molecule has 7 nitrogen and oxygen atoms in total. The summed E-state index contributed by atoms with van der Waals surface area (Å²) < 4.78 is 12.0. The predicted octanol–water partition coefficient (Wildman–Crippen LogP) is 4.25. The van der Waals surface area contributed by atoms with Gasteiger partial charge in [-0.25, -0.2) is 4.98 Å². The lowest BCUT2D eigenvalue weighted by molar-refractivity contribution is -0.155. The van der Waals surface area contributed by atoms with Gasteiger partial charge in [-0.2, -0.15) is 0 Å². The van der Waals surface area contributed by atoms with Gasteiger partial charge in [0.05, 0.1) is 47.0 Å². The first kappa shape index (κ1) is 27.7. The molecule has 1 aromatic rings. The number of carbonyl (C=O) groups excluding carboxylic acids is 2. The third kappa shape index (κ3) is 6.47. The number of nitrogens with zero attached hydrogens (tertiary/aromatic N) is 1. The molecule has 2 bridgehead atoms. The maximum absolute atomic E-state index is 13.4. The summed E-state index contributed by atoms with van der Waals surface area (Å²) in [7, 11) is 0. The van der Waals surface area contributed by atoms with Crippen LogP contribution in [0.15, 0.2) is 22.6 Å². The molecule has 0 aromatic carbocycles. The topological polar surface area (TPSA) is 106 Å². The van der Waals surface area contributed by atoms with Crippen molar-refractivity contribution in [3.8, 4) is 0 Å². The van der Waals surface area contributed by atoms with Gasteiger partial charge in [-0.3, -0.25) is 9.59 Å². The van der Waals surface area contributed by atoms with Crippen LogP contribution in [0.25, 0.3) is 6.08 Å². The van der Waals surface area contributed by atoms with Gasteiger partial charge in [0.2, 0.25) is 0 Å². The minimum atomic E-state index is -1.21. The zero-order valence-corrected chi connectivity index (χ0v) is 22.6. The molecular weight excluding hydrogens is 466 g/mol. The first-order valence-corrected chi connectivity index (χ1v) is 13.2. The molecule has 1 fully saturated rings. The molecule has 0 radical (unpaired) electrons. The van der Waals surface area contributed by atoms with Gasteiger partial charge in [-0.05, 0) is 50.3 Å². The molecule has 194 valence electrons. The summed E-state index contributed by atoms with van der Waals surface area (Å²) in [5, 5.41) is 24.7. The summed E-state index contributed by atoms with van der Waals surface area (Å²) in [4.78, 5) is 30.7. The molecule has 1 aromatic heterocycles. The Balaban J connectivity index is 1.95. The highest BCUT2D eigenvalue weighted by Crippen LogP contribution is 2.38. The number of aliphatic hydroxyl groups excluding tert-OH is 2. The van der Waals surface area contributed by atoms with Crippen molar-refractivity contribution in [2.45, 2.75) is 98.2 Å². The summed E-state index contributed by atoms with van der Waals surface area (Å²) in [5.74, 6) is -1.06. The molecule has 3 heterocycles. The summed E-state index contributed by atoms with van der Waals surface area (Å²) in [6.45, 7) is 12.8. The van der Waals surface area contributed by atoms with Gasteiger partial charge in [0.1, 0.15) is 11.9 Å². The molecule has 7 atom stereocenters. The van der Waals surface area contributed by atoms with E-state index in [1.807, 2.05) is 45.2 Å². The fourth-order valence-corrected chi connectivity index (χ4v) is 5.59. The fourth-order valence-electron chi connectivity index (χ4n) is 5.02. The molecule has 0 amide bonds. The van der Waals surface area contributed by atoms with E-state index in [0.717, 1.165) is 28.3 Å². The van der Waals surface area contributed by atoms with E-state index < -0.39 is 35.6 Å². The van der Waals surface area contributed by atoms with Crippen molar-refractivity contribution in [1.82, 2.24) is 4.98 Å². The summed E-state index contributed by atoms with van der Waals surface area (Å²) in [5.41, 5.74) is 1.09. The standard InChI is InChI=1S/C27H39NO6S/c1-14-9-20-10-16(3)25(33-20)17(4)26(32)27(6,7)23(30)12-24(31)34-22(11-21(14)29)15(2)8-19-13-35-18(5)28-19/h8-9,13,16-17,20-23,25,29-30H,10-12H2,1-7H3/b14-9+,15-8+/t16-,17+,20?,21-,22-,23-,25-/m0/s1. The number of ether oxygens (including phenoxy) is 2. The lowest BCUT2D eigenvalue weighted by atomic mass is 9.73. The molecule has 1 saturated heterocycles. The largest absolute Gasteiger partial charge is 0.458 e. The molecule has 35 heavy (non-hydrogen) atoms. The normalized spacial score (nSPS) is 36.7. The number of aryl methyl sites for hydroxylation is 1. The Morgan fingerprint density at radius 3 is 2.51 bits per heavy atom. The number of rotatable bonds is 2. The molecule has 0 saturated carbocycles. The van der Waals surface area contributed by atoms with E-state index in [9.17, 15) is 19.8 Å². The number of Topliss-reactive ketones (excluding diaryl/α,β-unsaturated/α-hetero) is 1. The highest BCUT2D eigenvalue weighted by Gasteiger charge is 2.45. The van der Waals surface area contributed by atoms with Gasteiger partial charge in [-0.1, -0.05) is 33.8 Å². The van der Waals surface area contributed by atoms with Crippen molar-refractivity contribution in [1.29, 1.82) is 0 Å². The minimum Gasteiger partial charge on any atom is -0.458 e. The molecule has 8 heteroatoms. The van der Waals surface area contributed by atoms with Crippen LogP contribution in [0.5, 0.6) is 0 Å². The van der Waals surface area contributed by atoms with Gasteiger partial charge in [0.25, 0.3) is 0 Å². The number of hydrogen-bond donors (Lipinski definition) is 2. The Hall–Kier alpha value is -1.87. The Morgan fingerprint density at radius 2 is 1.89 bits per heavy atom. The number of aliphatic hydroxyl groups is 2. The number of ketones is 1. The van der Waals surface area contributed by atoms with Crippen LogP contribution in [0.1, 0.15) is 71.5 Å². The van der Waals surface area contributed by atoms with Crippen LogP contribution in [0.4, 0.5) is 0 Å². The highest BCUT2D eigenvalue weighted by molar-refractivity contribution is 7.09. The van der Waals surface area contributed by atoms with Crippen LogP contribution < -0.4 is 0 Å². The van der Waals surface area contributed by atoms with Crippen LogP contribution in [-0.4, -0.2) is 57.5 Å². The zero-order chi connectivity index (χ0) is 26.1. The SMILES string of the molecule is C/C(=C\c1csc(C)n1)[C@@H]1C[C@H](O)/C(C)=C/C2C[C@H](C)[C@H](O2)[C@@H](C)C(=O)C(C)(C)[C@@H](O)CC(=O)O1. The van der Waals surface area contributed by atoms with Crippen molar-refractivity contribution < 1.29 is 29.3 Å². The first-order chi connectivity index (χ1) is 16.3. The molecule has 2 aliphatic rings. The molecule has 2 N–H and O–H groups in total. The monoisotopic (exact) mass is 505 g/mol. The summed E-state index contributed by atoms with van der Waals surface area (Å²) in [6, 6.07) is 0. The van der Waals surface area contributed by atoms with E-state index in [2.05, 4.69) is 11.9 Å². The number of carbonyl (C=O) groups is 2. The van der Waals surface area contributed by atoms with E-state index in [1.165, 1.54) is 11.3 Å². The van der Waals surface area contributed by atoms with Crippen LogP contribution in [-0.2, 0) is 19.1 Å². The van der Waals surface area contributed by atoms with Crippen LogP contribution >= 0.6 is 11.3 Å². The Bertz CT molecular complexity index is 996. The smallest absolute Gasteiger partial charge is 0.309 e. The zero-order valence-electron chi connectivity index (χ0n) is 21.8. The second-order valence-electron chi connectivity index (χ2n) is 10.8. The molecule has 3 rings (SSSR count). The molecule has 0 spiro atoms. The number of fused-ring (bicyclic) bond motifs is 2. The molecule has 1 unspecified atom stereocenters. The average molecular weight is 506 g/mol. The van der Waals surface area contributed by atoms with E-state index in [-0.39, 0.29) is 36.8 Å². The van der Waals surface area contributed by atoms with Crippen molar-refractivity contribution in [3.05, 3.63) is 33.3 Å². The van der Waals surface area contributed by atoms with Crippen LogP contribution in [0, 0.1) is 24.2 Å². The number of thiazole rings is 1. The third-order valence-electron chi connectivity index (χ3n) is 7.44. The maximum Gasteiger partial charge on any atom is 0.309 e. The Kier molecular flexibility index (Phi) is 8.73. The van der Waals surface area contributed by atoms with E-state index in [1.54, 1.807) is 13.8 Å². The van der Waals surface area contributed by atoms with Gasteiger partial charge in [-0.15, -0.1) is 11.3 Å². The van der Waals surface area contributed by atoms with E-state index in [4.69, 9.17) is 9.47 Å². The Labute approximate surface area is 212 Å². The maximum atomic E-state index is 13.4. The van der Waals surface area contributed by atoms with Crippen molar-refractivity contribution in [3.63, 3.8) is 0 Å². The van der Waals surface area contributed by atoms with Gasteiger partial charge in [0, 0.05) is 17.7 Å². The van der Waals surface area contributed by atoms with Crippen molar-refractivity contribution in [2.24, 2.45) is 17.3 Å². The molecular formula is C27H39NO6S. The lowest BCUT2D eigenvalue weighted by Gasteiger charge is -2.34. The summed E-state index contributed by atoms with van der Waals surface area (Å²) in [6.07, 6.45) is 1.07. The second-order valence-corrected chi connectivity index (χ2v) is 11.8. The van der Waals surface area contributed by atoms with Gasteiger partial charge in [0.15, 0.2) is 0 Å². The minimum absolute atomic E-state index is 0.141. The molecule has 2 aliphatic heterocycles. The van der Waals surface area contributed by atoms with Crippen LogP contribution in [0.2, 0.25) is 0 Å². The fraction of sp³-hybridized carbons (Fsp3) is 0.667. The third-order valence-corrected chi connectivity index (χ3v) is 8.23. The lowest BCUT2D eigenvalue weighted by Crippen LogP contribution is -2.45. The number of aromatic nitrogens is 1. The quantitative estimate of drug-likeness (QED) is 0.457. The highest BCUT2D eigenvalue weighted by atomic mass is 32.1.